The largest absolute Gasteiger partial charge is 0.481 e. The van der Waals surface area contributed by atoms with Crippen molar-refractivity contribution in [1.82, 2.24) is 10.2 Å². The second-order valence-electron chi connectivity index (χ2n) is 6.72. The van der Waals surface area contributed by atoms with E-state index in [1.165, 1.54) is 19.3 Å². The molecular weight excluding hydrogens is 240 g/mol. The fourth-order valence-electron chi connectivity index (χ4n) is 3.10. The van der Waals surface area contributed by atoms with Gasteiger partial charge in [-0.15, -0.1) is 0 Å². The van der Waals surface area contributed by atoms with E-state index < -0.39 is 5.97 Å². The quantitative estimate of drug-likeness (QED) is 0.741. The van der Waals surface area contributed by atoms with Gasteiger partial charge in [0.1, 0.15) is 0 Å². The number of carbonyl (C=O) groups is 1. The number of hydrogen-bond acceptors (Lipinski definition) is 3. The molecule has 0 bridgehead atoms. The first kappa shape index (κ1) is 14.8. The number of carboxylic acids is 1. The van der Waals surface area contributed by atoms with Crippen molar-refractivity contribution in [2.24, 2.45) is 11.8 Å². The minimum Gasteiger partial charge on any atom is -0.481 e. The summed E-state index contributed by atoms with van der Waals surface area (Å²) in [5.74, 6) is 0.400. The van der Waals surface area contributed by atoms with Crippen LogP contribution in [0.4, 0.5) is 0 Å². The molecule has 0 aromatic rings. The predicted molar refractivity (Wildman–Crippen MR) is 76.2 cm³/mol. The number of likely N-dealkylation sites (tertiary alicyclic amines) is 1. The summed E-state index contributed by atoms with van der Waals surface area (Å²) >= 11 is 0. The zero-order valence-corrected chi connectivity index (χ0v) is 12.3. The Morgan fingerprint density at radius 1 is 1.37 bits per heavy atom. The predicted octanol–water partition coefficient (Wildman–Crippen LogP) is 1.95. The first-order chi connectivity index (χ1) is 9.04. The summed E-state index contributed by atoms with van der Waals surface area (Å²) in [6.07, 6.45) is 5.15. The van der Waals surface area contributed by atoms with Crippen molar-refractivity contribution in [2.75, 3.05) is 19.6 Å². The first-order valence-electron chi connectivity index (χ1n) is 7.73. The highest BCUT2D eigenvalue weighted by atomic mass is 16.4. The highest BCUT2D eigenvalue weighted by Gasteiger charge is 2.36. The molecule has 2 aliphatic rings. The average molecular weight is 268 g/mol. The number of rotatable bonds is 7. The first-order valence-corrected chi connectivity index (χ1v) is 7.73. The summed E-state index contributed by atoms with van der Waals surface area (Å²) in [5, 5.41) is 12.6. The lowest BCUT2D eigenvalue weighted by atomic mass is 9.91. The zero-order valence-electron chi connectivity index (χ0n) is 12.3. The van der Waals surface area contributed by atoms with E-state index in [1.807, 2.05) is 0 Å². The molecule has 4 nitrogen and oxygen atoms in total. The second-order valence-corrected chi connectivity index (χ2v) is 6.72. The van der Waals surface area contributed by atoms with Gasteiger partial charge in [0.15, 0.2) is 0 Å². The molecule has 0 spiro atoms. The molecule has 110 valence electrons. The molecule has 1 saturated carbocycles. The van der Waals surface area contributed by atoms with Crippen molar-refractivity contribution in [3.8, 4) is 0 Å². The molecule has 0 radical (unpaired) electrons. The number of nitrogens with zero attached hydrogens (tertiary/aromatic N) is 1. The van der Waals surface area contributed by atoms with Crippen molar-refractivity contribution in [2.45, 2.75) is 58.0 Å². The van der Waals surface area contributed by atoms with E-state index in [0.717, 1.165) is 38.0 Å². The lowest BCUT2D eigenvalue weighted by Crippen LogP contribution is -2.50. The molecule has 1 aliphatic carbocycles. The Morgan fingerprint density at radius 2 is 2.11 bits per heavy atom. The van der Waals surface area contributed by atoms with Crippen LogP contribution in [-0.4, -0.2) is 47.7 Å². The number of carboxylic acid groups (broad SMARTS) is 1. The molecule has 0 aromatic carbocycles. The molecule has 2 fully saturated rings. The minimum absolute atomic E-state index is 0.323. The maximum atomic E-state index is 10.9. The number of hydrogen-bond donors (Lipinski definition) is 2. The highest BCUT2D eigenvalue weighted by molar-refractivity contribution is 5.67. The molecule has 0 aromatic heterocycles. The van der Waals surface area contributed by atoms with Crippen LogP contribution < -0.4 is 5.32 Å². The fraction of sp³-hybridized carbons (Fsp3) is 0.933. The van der Waals surface area contributed by atoms with Gasteiger partial charge in [-0.05, 0) is 44.1 Å². The topological polar surface area (TPSA) is 52.6 Å². The molecule has 1 heterocycles. The monoisotopic (exact) mass is 268 g/mol. The molecule has 0 amide bonds. The lowest BCUT2D eigenvalue weighted by molar-refractivity contribution is -0.138. The van der Waals surface area contributed by atoms with E-state index in [4.69, 9.17) is 5.11 Å². The van der Waals surface area contributed by atoms with E-state index in [1.54, 1.807) is 0 Å². The van der Waals surface area contributed by atoms with Gasteiger partial charge in [-0.2, -0.15) is 0 Å². The van der Waals surface area contributed by atoms with Gasteiger partial charge >= 0.3 is 5.97 Å². The van der Waals surface area contributed by atoms with Crippen LogP contribution in [0.2, 0.25) is 0 Å². The van der Waals surface area contributed by atoms with E-state index in [2.05, 4.69) is 24.1 Å². The maximum absolute atomic E-state index is 10.9. The molecule has 2 atom stereocenters. The SMILES string of the molecule is CC(C)CCNC1CC(CC(=O)O)CN(C2CC2)C1. The molecule has 2 N–H and O–H groups in total. The molecular formula is C15H28N2O2. The number of piperidine rings is 1. The summed E-state index contributed by atoms with van der Waals surface area (Å²) in [7, 11) is 0. The normalized spacial score (nSPS) is 28.8. The molecule has 1 saturated heterocycles. The van der Waals surface area contributed by atoms with E-state index in [9.17, 15) is 4.79 Å². The summed E-state index contributed by atoms with van der Waals surface area (Å²) in [6, 6.07) is 1.23. The molecule has 2 rings (SSSR count). The van der Waals surface area contributed by atoms with Gasteiger partial charge in [0.25, 0.3) is 0 Å². The zero-order chi connectivity index (χ0) is 13.8. The van der Waals surface area contributed by atoms with Gasteiger partial charge in [0.2, 0.25) is 0 Å². The van der Waals surface area contributed by atoms with Crippen molar-refractivity contribution >= 4 is 5.97 Å². The lowest BCUT2D eigenvalue weighted by Gasteiger charge is -2.38. The van der Waals surface area contributed by atoms with E-state index in [0.29, 0.717) is 18.4 Å². The van der Waals surface area contributed by atoms with Gasteiger partial charge in [-0.1, -0.05) is 13.8 Å². The molecule has 2 unspecified atom stereocenters. The van der Waals surface area contributed by atoms with Gasteiger partial charge in [-0.25, -0.2) is 0 Å². The van der Waals surface area contributed by atoms with E-state index in [-0.39, 0.29) is 0 Å². The van der Waals surface area contributed by atoms with Crippen LogP contribution in [-0.2, 0) is 4.79 Å². The Balaban J connectivity index is 1.81. The van der Waals surface area contributed by atoms with Crippen LogP contribution in [0, 0.1) is 11.8 Å². The third-order valence-electron chi connectivity index (χ3n) is 4.25. The van der Waals surface area contributed by atoms with E-state index >= 15 is 0 Å². The summed E-state index contributed by atoms with van der Waals surface area (Å²) in [6.45, 7) is 7.64. The van der Waals surface area contributed by atoms with Gasteiger partial charge in [0, 0.05) is 31.6 Å². The highest BCUT2D eigenvalue weighted by Crippen LogP contribution is 2.32. The van der Waals surface area contributed by atoms with Crippen molar-refractivity contribution in [3.05, 3.63) is 0 Å². The summed E-state index contributed by atoms with van der Waals surface area (Å²) < 4.78 is 0. The maximum Gasteiger partial charge on any atom is 0.303 e. The van der Waals surface area contributed by atoms with Crippen molar-refractivity contribution in [1.29, 1.82) is 0 Å². The molecule has 19 heavy (non-hydrogen) atoms. The van der Waals surface area contributed by atoms with Gasteiger partial charge in [-0.3, -0.25) is 9.69 Å². The Bertz CT molecular complexity index is 303. The molecule has 1 aliphatic heterocycles. The van der Waals surface area contributed by atoms with Crippen molar-refractivity contribution in [3.63, 3.8) is 0 Å². The van der Waals surface area contributed by atoms with Gasteiger partial charge < -0.3 is 10.4 Å². The van der Waals surface area contributed by atoms with Gasteiger partial charge in [0.05, 0.1) is 0 Å². The smallest absolute Gasteiger partial charge is 0.303 e. The van der Waals surface area contributed by atoms with Crippen LogP contribution >= 0.6 is 0 Å². The Hall–Kier alpha value is -0.610. The van der Waals surface area contributed by atoms with Crippen molar-refractivity contribution < 1.29 is 9.90 Å². The minimum atomic E-state index is -0.649. The third-order valence-corrected chi connectivity index (χ3v) is 4.25. The Kier molecular flexibility index (Phi) is 5.22. The fourth-order valence-corrected chi connectivity index (χ4v) is 3.10. The molecule has 4 heteroatoms. The Morgan fingerprint density at radius 3 is 2.68 bits per heavy atom. The average Bonchev–Trinajstić information content (AvgIpc) is 3.10. The third kappa shape index (κ3) is 5.11. The number of aliphatic carboxylic acids is 1. The Labute approximate surface area is 116 Å². The van der Waals surface area contributed by atoms with Crippen LogP contribution in [0.3, 0.4) is 0 Å². The van der Waals surface area contributed by atoms with Crippen LogP contribution in [0.1, 0.15) is 46.0 Å². The summed E-state index contributed by atoms with van der Waals surface area (Å²) in [4.78, 5) is 13.4. The van der Waals surface area contributed by atoms with Crippen LogP contribution in [0.5, 0.6) is 0 Å². The van der Waals surface area contributed by atoms with Crippen LogP contribution in [0.25, 0.3) is 0 Å². The number of nitrogens with one attached hydrogen (secondary N) is 1. The second kappa shape index (κ2) is 6.71. The van der Waals surface area contributed by atoms with Crippen LogP contribution in [0.15, 0.2) is 0 Å². The standard InChI is InChI=1S/C15H28N2O2/c1-11(2)5-6-16-13-7-12(8-15(18)19)9-17(10-13)14-3-4-14/h11-14,16H,3-10H2,1-2H3,(H,18,19). The summed E-state index contributed by atoms with van der Waals surface area (Å²) in [5.41, 5.74) is 0.